The number of hydrogen-bond donors (Lipinski definition) is 1. The van der Waals surface area contributed by atoms with Gasteiger partial charge >= 0.3 is 0 Å². The van der Waals surface area contributed by atoms with E-state index in [2.05, 4.69) is 39.5 Å². The topological polar surface area (TPSA) is 65.5 Å². The van der Waals surface area contributed by atoms with E-state index >= 15 is 0 Å². The Kier molecular flexibility index (Phi) is 7.09. The van der Waals surface area contributed by atoms with E-state index in [4.69, 9.17) is 0 Å². The van der Waals surface area contributed by atoms with Gasteiger partial charge in [-0.05, 0) is 90.9 Å². The molecule has 39 heavy (non-hydrogen) atoms. The zero-order valence-electron chi connectivity index (χ0n) is 22.0. The SMILES string of the molecule is O=C(Nc1ccc2c(c1)CCN2C(=O)Cc1ccccn1)c1ccccc1-c1ccc(N2CCCCC2)cc1. The Morgan fingerprint density at radius 3 is 2.41 bits per heavy atom. The van der Waals surface area contributed by atoms with Crippen LogP contribution in [0.1, 0.15) is 40.9 Å². The van der Waals surface area contributed by atoms with Crippen molar-refractivity contribution < 1.29 is 9.59 Å². The highest BCUT2D eigenvalue weighted by atomic mass is 16.2. The predicted octanol–water partition coefficient (Wildman–Crippen LogP) is 6.12. The number of aromatic nitrogens is 1. The average Bonchev–Trinajstić information content (AvgIpc) is 3.42. The number of nitrogens with one attached hydrogen (secondary N) is 1. The van der Waals surface area contributed by atoms with E-state index in [-0.39, 0.29) is 18.2 Å². The molecule has 0 atom stereocenters. The molecule has 4 aromatic rings. The number of carbonyl (C=O) groups is 2. The van der Waals surface area contributed by atoms with E-state index in [1.54, 1.807) is 6.20 Å². The van der Waals surface area contributed by atoms with E-state index in [0.717, 1.165) is 53.3 Å². The minimum Gasteiger partial charge on any atom is -0.372 e. The summed E-state index contributed by atoms with van der Waals surface area (Å²) in [5.74, 6) is -0.115. The maximum atomic E-state index is 13.4. The number of fused-ring (bicyclic) bond motifs is 1. The molecule has 2 aliphatic rings. The number of amides is 2. The van der Waals surface area contributed by atoms with E-state index in [1.807, 2.05) is 65.6 Å². The van der Waals surface area contributed by atoms with Crippen molar-refractivity contribution in [1.82, 2.24) is 4.98 Å². The second-order valence-corrected chi connectivity index (χ2v) is 10.2. The van der Waals surface area contributed by atoms with Gasteiger partial charge in [-0.3, -0.25) is 14.6 Å². The van der Waals surface area contributed by atoms with E-state index in [1.165, 1.54) is 24.9 Å². The standard InChI is InChI=1S/C33H32N4O2/c38-32(23-26-8-4-5-18-34-26)37-21-17-25-22-27(13-16-31(25)37)35-33(39)30-10-3-2-9-29(30)24-11-14-28(15-12-24)36-19-6-1-7-20-36/h2-5,8-16,18,22H,1,6-7,17,19-21,23H2,(H,35,39). The molecule has 1 saturated heterocycles. The number of anilines is 3. The molecule has 1 fully saturated rings. The van der Waals surface area contributed by atoms with Gasteiger partial charge < -0.3 is 15.1 Å². The largest absolute Gasteiger partial charge is 0.372 e. The lowest BCUT2D eigenvalue weighted by Gasteiger charge is -2.29. The highest BCUT2D eigenvalue weighted by Gasteiger charge is 2.25. The van der Waals surface area contributed by atoms with Gasteiger partial charge in [0.15, 0.2) is 0 Å². The van der Waals surface area contributed by atoms with Crippen LogP contribution in [-0.4, -0.2) is 36.4 Å². The van der Waals surface area contributed by atoms with Crippen molar-refractivity contribution in [3.63, 3.8) is 0 Å². The Hall–Kier alpha value is -4.45. The van der Waals surface area contributed by atoms with Gasteiger partial charge in [-0.2, -0.15) is 0 Å². The molecule has 1 aromatic heterocycles. The lowest BCUT2D eigenvalue weighted by Crippen LogP contribution is -2.30. The van der Waals surface area contributed by atoms with Crippen molar-refractivity contribution in [3.8, 4) is 11.1 Å². The number of pyridine rings is 1. The predicted molar refractivity (Wildman–Crippen MR) is 156 cm³/mol. The Labute approximate surface area is 229 Å². The van der Waals surface area contributed by atoms with Crippen molar-refractivity contribution in [2.45, 2.75) is 32.1 Å². The highest BCUT2D eigenvalue weighted by molar-refractivity contribution is 6.09. The second-order valence-electron chi connectivity index (χ2n) is 10.2. The maximum Gasteiger partial charge on any atom is 0.256 e. The van der Waals surface area contributed by atoms with Crippen LogP contribution in [0.2, 0.25) is 0 Å². The fraction of sp³-hybridized carbons (Fsp3) is 0.242. The summed E-state index contributed by atoms with van der Waals surface area (Å²) in [6, 6.07) is 27.7. The molecule has 3 aromatic carbocycles. The van der Waals surface area contributed by atoms with Gasteiger partial charge in [0.1, 0.15) is 0 Å². The molecule has 196 valence electrons. The molecule has 0 spiro atoms. The summed E-state index contributed by atoms with van der Waals surface area (Å²) in [6.45, 7) is 2.85. The summed E-state index contributed by atoms with van der Waals surface area (Å²) < 4.78 is 0. The average molecular weight is 517 g/mol. The van der Waals surface area contributed by atoms with Crippen LogP contribution in [0.25, 0.3) is 11.1 Å². The normalized spacial score (nSPS) is 14.7. The fourth-order valence-corrected chi connectivity index (χ4v) is 5.63. The summed E-state index contributed by atoms with van der Waals surface area (Å²) in [4.78, 5) is 34.9. The maximum absolute atomic E-state index is 13.4. The Bertz CT molecular complexity index is 1480. The molecule has 0 radical (unpaired) electrons. The van der Waals surface area contributed by atoms with E-state index < -0.39 is 0 Å². The van der Waals surface area contributed by atoms with Crippen molar-refractivity contribution in [2.75, 3.05) is 34.8 Å². The molecule has 0 aliphatic carbocycles. The number of nitrogens with zero attached hydrogens (tertiary/aromatic N) is 3. The first kappa shape index (κ1) is 24.9. The monoisotopic (exact) mass is 516 g/mol. The Morgan fingerprint density at radius 1 is 0.821 bits per heavy atom. The van der Waals surface area contributed by atoms with Crippen LogP contribution in [0, 0.1) is 0 Å². The minimum atomic E-state index is -0.147. The van der Waals surface area contributed by atoms with Crippen LogP contribution in [-0.2, 0) is 17.6 Å². The zero-order chi connectivity index (χ0) is 26.6. The molecular formula is C33H32N4O2. The van der Waals surface area contributed by atoms with Crippen LogP contribution >= 0.6 is 0 Å². The zero-order valence-corrected chi connectivity index (χ0v) is 22.0. The molecule has 1 N–H and O–H groups in total. The number of carbonyl (C=O) groups excluding carboxylic acids is 2. The molecule has 2 amide bonds. The summed E-state index contributed by atoms with van der Waals surface area (Å²) in [7, 11) is 0. The fourth-order valence-electron chi connectivity index (χ4n) is 5.63. The number of benzene rings is 3. The summed E-state index contributed by atoms with van der Waals surface area (Å²) in [5, 5.41) is 3.08. The molecule has 0 bridgehead atoms. The highest BCUT2D eigenvalue weighted by Crippen LogP contribution is 2.32. The van der Waals surface area contributed by atoms with E-state index in [9.17, 15) is 9.59 Å². The van der Waals surface area contributed by atoms with Gasteiger partial charge in [0.25, 0.3) is 5.91 Å². The minimum absolute atomic E-state index is 0.0319. The Balaban J connectivity index is 1.16. The van der Waals surface area contributed by atoms with Gasteiger partial charge in [-0.25, -0.2) is 0 Å². The van der Waals surface area contributed by atoms with Crippen molar-refractivity contribution in [1.29, 1.82) is 0 Å². The lowest BCUT2D eigenvalue weighted by molar-refractivity contribution is -0.117. The quantitative estimate of drug-likeness (QED) is 0.335. The van der Waals surface area contributed by atoms with Gasteiger partial charge in [0.2, 0.25) is 5.91 Å². The number of piperidine rings is 1. The summed E-state index contributed by atoms with van der Waals surface area (Å²) in [6.07, 6.45) is 6.53. The number of rotatable bonds is 6. The number of hydrogen-bond acceptors (Lipinski definition) is 4. The lowest BCUT2D eigenvalue weighted by atomic mass is 9.98. The first-order chi connectivity index (χ1) is 19.2. The molecule has 6 nitrogen and oxygen atoms in total. The smallest absolute Gasteiger partial charge is 0.256 e. The molecule has 6 heteroatoms. The summed E-state index contributed by atoms with van der Waals surface area (Å²) >= 11 is 0. The van der Waals surface area contributed by atoms with Gasteiger partial charge in [0.05, 0.1) is 6.42 Å². The molecule has 3 heterocycles. The first-order valence-corrected chi connectivity index (χ1v) is 13.7. The van der Waals surface area contributed by atoms with Gasteiger partial charge in [-0.15, -0.1) is 0 Å². The molecule has 0 unspecified atom stereocenters. The van der Waals surface area contributed by atoms with Crippen molar-refractivity contribution in [3.05, 3.63) is 108 Å². The molecule has 6 rings (SSSR count). The Morgan fingerprint density at radius 2 is 1.62 bits per heavy atom. The van der Waals surface area contributed by atoms with Crippen LogP contribution in [0.3, 0.4) is 0 Å². The van der Waals surface area contributed by atoms with Crippen LogP contribution in [0.5, 0.6) is 0 Å². The van der Waals surface area contributed by atoms with Crippen molar-refractivity contribution >= 4 is 28.9 Å². The molecular weight excluding hydrogens is 484 g/mol. The third-order valence-electron chi connectivity index (χ3n) is 7.66. The van der Waals surface area contributed by atoms with Crippen LogP contribution in [0.4, 0.5) is 17.1 Å². The van der Waals surface area contributed by atoms with Gasteiger partial charge in [0, 0.05) is 54.2 Å². The van der Waals surface area contributed by atoms with Crippen molar-refractivity contribution in [2.24, 2.45) is 0 Å². The van der Waals surface area contributed by atoms with Gasteiger partial charge in [-0.1, -0.05) is 36.4 Å². The summed E-state index contributed by atoms with van der Waals surface area (Å²) in [5.41, 5.74) is 7.27. The third kappa shape index (κ3) is 5.41. The second kappa shape index (κ2) is 11.1. The van der Waals surface area contributed by atoms with Crippen LogP contribution < -0.4 is 15.1 Å². The molecule has 2 aliphatic heterocycles. The van der Waals surface area contributed by atoms with E-state index in [0.29, 0.717) is 12.1 Å². The third-order valence-corrected chi connectivity index (χ3v) is 7.66. The van der Waals surface area contributed by atoms with Crippen LogP contribution in [0.15, 0.2) is 91.1 Å². The molecule has 0 saturated carbocycles. The first-order valence-electron chi connectivity index (χ1n) is 13.7.